The third-order valence-corrected chi connectivity index (χ3v) is 3.93. The Labute approximate surface area is 145 Å². The third-order valence-electron chi connectivity index (χ3n) is 3.65. The highest BCUT2D eigenvalue weighted by molar-refractivity contribution is 6.32. The lowest BCUT2D eigenvalue weighted by Crippen LogP contribution is -2.24. The van der Waals surface area contributed by atoms with Gasteiger partial charge < -0.3 is 19.5 Å². The fourth-order valence-electron chi connectivity index (χ4n) is 2.50. The van der Waals surface area contributed by atoms with Crippen molar-refractivity contribution < 1.29 is 19.0 Å². The molecule has 2 aromatic rings. The van der Waals surface area contributed by atoms with Crippen LogP contribution in [-0.2, 0) is 17.8 Å². The second-order valence-corrected chi connectivity index (χ2v) is 5.81. The average Bonchev–Trinajstić information content (AvgIpc) is 2.60. The van der Waals surface area contributed by atoms with Crippen molar-refractivity contribution in [3.05, 3.63) is 52.5 Å². The van der Waals surface area contributed by atoms with Gasteiger partial charge in [0.25, 0.3) is 0 Å². The molecule has 0 aromatic heterocycles. The summed E-state index contributed by atoms with van der Waals surface area (Å²) in [5.74, 6) is 1.80. The van der Waals surface area contributed by atoms with Crippen molar-refractivity contribution in [2.24, 2.45) is 0 Å². The van der Waals surface area contributed by atoms with Crippen LogP contribution in [0.3, 0.4) is 0 Å². The molecule has 1 aliphatic heterocycles. The van der Waals surface area contributed by atoms with Gasteiger partial charge in [0, 0.05) is 6.54 Å². The van der Waals surface area contributed by atoms with Crippen molar-refractivity contribution in [1.82, 2.24) is 5.32 Å². The molecule has 0 spiro atoms. The van der Waals surface area contributed by atoms with Crippen LogP contribution in [-0.4, -0.2) is 26.2 Å². The number of carbonyl (C=O) groups is 1. The predicted molar refractivity (Wildman–Crippen MR) is 91.0 cm³/mol. The number of benzene rings is 2. The summed E-state index contributed by atoms with van der Waals surface area (Å²) in [4.78, 5) is 12.2. The first-order valence-corrected chi connectivity index (χ1v) is 8.01. The van der Waals surface area contributed by atoms with E-state index >= 15 is 0 Å². The van der Waals surface area contributed by atoms with Crippen LogP contribution in [0.2, 0.25) is 5.02 Å². The number of nitrogens with one attached hydrogen (secondary N) is 1. The minimum Gasteiger partial charge on any atom is -0.497 e. The summed E-state index contributed by atoms with van der Waals surface area (Å²) in [6, 6.07) is 11.1. The zero-order valence-electron chi connectivity index (χ0n) is 13.3. The molecule has 0 radical (unpaired) electrons. The van der Waals surface area contributed by atoms with Crippen LogP contribution in [0.25, 0.3) is 0 Å². The summed E-state index contributed by atoms with van der Waals surface area (Å²) in [5.41, 5.74) is 1.76. The van der Waals surface area contributed by atoms with Crippen molar-refractivity contribution in [1.29, 1.82) is 0 Å². The lowest BCUT2D eigenvalue weighted by Gasteiger charge is -2.20. The molecule has 0 aliphatic carbocycles. The first kappa shape index (κ1) is 16.5. The number of hydrogen-bond acceptors (Lipinski definition) is 4. The molecule has 5 nitrogen and oxygen atoms in total. The van der Waals surface area contributed by atoms with Gasteiger partial charge in [-0.1, -0.05) is 23.7 Å². The number of amides is 1. The smallest absolute Gasteiger partial charge is 0.224 e. The summed E-state index contributed by atoms with van der Waals surface area (Å²) in [6.45, 7) is 1.40. The van der Waals surface area contributed by atoms with Gasteiger partial charge in [0.05, 0.1) is 18.6 Å². The fourth-order valence-corrected chi connectivity index (χ4v) is 2.79. The van der Waals surface area contributed by atoms with Crippen LogP contribution in [0.15, 0.2) is 36.4 Å². The quantitative estimate of drug-likeness (QED) is 0.903. The number of hydrogen-bond donors (Lipinski definition) is 1. The molecule has 6 heteroatoms. The molecular formula is C18H18ClNO4. The van der Waals surface area contributed by atoms with E-state index in [2.05, 4.69) is 5.32 Å². The number of ether oxygens (including phenoxy) is 3. The first-order valence-electron chi connectivity index (χ1n) is 7.63. The van der Waals surface area contributed by atoms with Crippen molar-refractivity contribution >= 4 is 17.5 Å². The summed E-state index contributed by atoms with van der Waals surface area (Å²) >= 11 is 6.19. The van der Waals surface area contributed by atoms with Gasteiger partial charge >= 0.3 is 0 Å². The normalized spacial score (nSPS) is 12.6. The number of methoxy groups -OCH3 is 1. The molecule has 3 rings (SSSR count). The standard InChI is InChI=1S/C18H18ClNO4/c1-22-14-4-2-3-12(7-14)11-20-17(21)10-13-8-15(19)18-16(9-13)23-5-6-24-18/h2-4,7-9H,5-6,10-11H2,1H3,(H,20,21). The molecule has 0 unspecified atom stereocenters. The lowest BCUT2D eigenvalue weighted by atomic mass is 10.1. The fraction of sp³-hybridized carbons (Fsp3) is 0.278. The molecule has 1 heterocycles. The van der Waals surface area contributed by atoms with Crippen molar-refractivity contribution in [3.8, 4) is 17.2 Å². The Morgan fingerprint density at radius 3 is 2.88 bits per heavy atom. The number of halogens is 1. The second-order valence-electron chi connectivity index (χ2n) is 5.41. The molecule has 1 aliphatic rings. The van der Waals surface area contributed by atoms with E-state index in [0.29, 0.717) is 36.3 Å². The molecule has 0 bridgehead atoms. The number of rotatable bonds is 5. The topological polar surface area (TPSA) is 56.8 Å². The van der Waals surface area contributed by atoms with Crippen molar-refractivity contribution in [2.75, 3.05) is 20.3 Å². The lowest BCUT2D eigenvalue weighted by molar-refractivity contribution is -0.120. The summed E-state index contributed by atoms with van der Waals surface area (Å²) in [7, 11) is 1.61. The van der Waals surface area contributed by atoms with Crippen LogP contribution in [0.5, 0.6) is 17.2 Å². The Hall–Kier alpha value is -2.40. The van der Waals surface area contributed by atoms with Crippen molar-refractivity contribution in [2.45, 2.75) is 13.0 Å². The van der Waals surface area contributed by atoms with Gasteiger partial charge in [-0.25, -0.2) is 0 Å². The molecule has 1 amide bonds. The van der Waals surface area contributed by atoms with E-state index in [9.17, 15) is 4.79 Å². The molecule has 0 fully saturated rings. The van der Waals surface area contributed by atoms with Gasteiger partial charge in [-0.3, -0.25) is 4.79 Å². The largest absolute Gasteiger partial charge is 0.497 e. The van der Waals surface area contributed by atoms with Crippen LogP contribution >= 0.6 is 11.6 Å². The highest BCUT2D eigenvalue weighted by Gasteiger charge is 2.17. The SMILES string of the molecule is COc1cccc(CNC(=O)Cc2cc(Cl)c3c(c2)OCCO3)c1. The van der Waals surface area contributed by atoms with E-state index in [0.717, 1.165) is 16.9 Å². The maximum atomic E-state index is 12.2. The third kappa shape index (κ3) is 3.92. The molecular weight excluding hydrogens is 330 g/mol. The van der Waals surface area contributed by atoms with Gasteiger partial charge in [-0.2, -0.15) is 0 Å². The molecule has 1 N–H and O–H groups in total. The Morgan fingerprint density at radius 2 is 2.04 bits per heavy atom. The Bertz CT molecular complexity index is 748. The summed E-state index contributed by atoms with van der Waals surface area (Å²) in [6.07, 6.45) is 0.223. The molecule has 24 heavy (non-hydrogen) atoms. The summed E-state index contributed by atoms with van der Waals surface area (Å²) in [5, 5.41) is 3.35. The van der Waals surface area contributed by atoms with Crippen molar-refractivity contribution in [3.63, 3.8) is 0 Å². The summed E-state index contributed by atoms with van der Waals surface area (Å²) < 4.78 is 16.2. The minimum absolute atomic E-state index is 0.0921. The second kappa shape index (κ2) is 7.45. The van der Waals surface area contributed by atoms with Crippen LogP contribution in [0.4, 0.5) is 0 Å². The maximum absolute atomic E-state index is 12.2. The number of fused-ring (bicyclic) bond motifs is 1. The zero-order chi connectivity index (χ0) is 16.9. The average molecular weight is 348 g/mol. The van der Waals surface area contributed by atoms with E-state index in [1.165, 1.54) is 0 Å². The molecule has 0 atom stereocenters. The van der Waals surface area contributed by atoms with Gasteiger partial charge in [0.1, 0.15) is 19.0 Å². The monoisotopic (exact) mass is 347 g/mol. The van der Waals surface area contributed by atoms with E-state index in [-0.39, 0.29) is 12.3 Å². The van der Waals surface area contributed by atoms with Gasteiger partial charge in [0.15, 0.2) is 11.5 Å². The van der Waals surface area contributed by atoms with E-state index < -0.39 is 0 Å². The van der Waals surface area contributed by atoms with Gasteiger partial charge in [0.2, 0.25) is 5.91 Å². The predicted octanol–water partition coefficient (Wildman–Crippen LogP) is 2.98. The van der Waals surface area contributed by atoms with Crippen LogP contribution < -0.4 is 19.5 Å². The maximum Gasteiger partial charge on any atom is 0.224 e. The first-order chi connectivity index (χ1) is 11.7. The zero-order valence-corrected chi connectivity index (χ0v) is 14.1. The number of carbonyl (C=O) groups excluding carboxylic acids is 1. The van der Waals surface area contributed by atoms with Gasteiger partial charge in [-0.15, -0.1) is 0 Å². The molecule has 126 valence electrons. The van der Waals surface area contributed by atoms with E-state index in [4.69, 9.17) is 25.8 Å². The van der Waals surface area contributed by atoms with Crippen LogP contribution in [0, 0.1) is 0 Å². The van der Waals surface area contributed by atoms with E-state index in [1.807, 2.05) is 24.3 Å². The highest BCUT2D eigenvalue weighted by Crippen LogP contribution is 2.38. The van der Waals surface area contributed by atoms with Crippen LogP contribution in [0.1, 0.15) is 11.1 Å². The Kier molecular flexibility index (Phi) is 5.11. The molecule has 0 saturated carbocycles. The van der Waals surface area contributed by atoms with Gasteiger partial charge in [-0.05, 0) is 35.4 Å². The minimum atomic E-state index is -0.0921. The Balaban J connectivity index is 1.61. The highest BCUT2D eigenvalue weighted by atomic mass is 35.5. The van der Waals surface area contributed by atoms with E-state index in [1.54, 1.807) is 19.2 Å². The molecule has 2 aromatic carbocycles. The Morgan fingerprint density at radius 1 is 1.21 bits per heavy atom. The molecule has 0 saturated heterocycles.